The number of aromatic hydroxyl groups is 1. The first-order valence-electron chi connectivity index (χ1n) is 6.39. The quantitative estimate of drug-likeness (QED) is 0.659. The molecule has 110 valence electrons. The van der Waals surface area contributed by atoms with E-state index < -0.39 is 0 Å². The van der Waals surface area contributed by atoms with E-state index >= 15 is 0 Å². The summed E-state index contributed by atoms with van der Waals surface area (Å²) in [6.07, 6.45) is -0.00510. The van der Waals surface area contributed by atoms with Gasteiger partial charge >= 0.3 is 5.97 Å². The number of phenols is 1. The lowest BCUT2D eigenvalue weighted by molar-refractivity contribution is -0.145. The van der Waals surface area contributed by atoms with Gasteiger partial charge in [-0.25, -0.2) is 0 Å². The number of ether oxygens (including phenoxy) is 1. The van der Waals surface area contributed by atoms with Gasteiger partial charge in [0.2, 0.25) is 0 Å². The second-order valence-corrected chi connectivity index (χ2v) is 4.33. The van der Waals surface area contributed by atoms with Crippen LogP contribution in [0.25, 0.3) is 0 Å². The molecule has 1 aromatic rings. The number of para-hydroxylation sites is 1. The number of nitrogens with one attached hydrogen (secondary N) is 1. The van der Waals surface area contributed by atoms with Gasteiger partial charge < -0.3 is 9.84 Å². The highest BCUT2D eigenvalue weighted by molar-refractivity contribution is 7.34. The molecular weight excluding hydrogens is 261 g/mol. The third kappa shape index (κ3) is 16.9. The fraction of sp³-hybridized carbons (Fsp3) is 0.500. The average Bonchev–Trinajstić information content (AvgIpc) is 2.39. The second-order valence-electron chi connectivity index (χ2n) is 3.48. The highest BCUT2D eigenvalue weighted by atomic mass is 31.1. The molecular formula is C14H26NO3P. The van der Waals surface area contributed by atoms with Crippen LogP contribution in [-0.2, 0) is 9.53 Å². The van der Waals surface area contributed by atoms with Crippen molar-refractivity contribution in [3.63, 3.8) is 0 Å². The van der Waals surface area contributed by atoms with E-state index in [0.717, 1.165) is 0 Å². The van der Waals surface area contributed by atoms with Crippen LogP contribution in [0.2, 0.25) is 0 Å². The third-order valence-electron chi connectivity index (χ3n) is 1.53. The molecule has 0 amide bonds. The molecule has 0 aliphatic carbocycles. The molecule has 0 aliphatic rings. The summed E-state index contributed by atoms with van der Waals surface area (Å²) >= 11 is 0. The molecule has 1 unspecified atom stereocenters. The molecule has 1 rings (SSSR count). The number of carbonyl (C=O) groups excluding carboxylic acids is 1. The number of rotatable bonds is 4. The van der Waals surface area contributed by atoms with Crippen molar-refractivity contribution in [2.45, 2.75) is 33.8 Å². The van der Waals surface area contributed by atoms with Crippen molar-refractivity contribution < 1.29 is 14.6 Å². The van der Waals surface area contributed by atoms with Gasteiger partial charge in [0, 0.05) is 0 Å². The summed E-state index contributed by atoms with van der Waals surface area (Å²) in [5.41, 5.74) is 0. The number of benzene rings is 1. The first-order chi connectivity index (χ1) is 9.06. The molecule has 0 spiro atoms. The molecule has 0 aliphatic heterocycles. The van der Waals surface area contributed by atoms with Crippen LogP contribution in [0.3, 0.4) is 0 Å². The second kappa shape index (κ2) is 14.9. The van der Waals surface area contributed by atoms with Crippen molar-refractivity contribution in [1.29, 1.82) is 0 Å². The molecule has 1 atom stereocenters. The molecule has 1 aromatic carbocycles. The van der Waals surface area contributed by atoms with Crippen LogP contribution in [0.4, 0.5) is 0 Å². The first kappa shape index (κ1) is 20.2. The zero-order valence-electron chi connectivity index (χ0n) is 12.4. The van der Waals surface area contributed by atoms with Crippen molar-refractivity contribution in [1.82, 2.24) is 5.09 Å². The zero-order valence-corrected chi connectivity index (χ0v) is 13.4. The Kier molecular flexibility index (Phi) is 15.9. The largest absolute Gasteiger partial charge is 0.508 e. The number of phenolic OH excluding ortho intramolecular Hbond substituents is 1. The van der Waals surface area contributed by atoms with Gasteiger partial charge in [-0.1, -0.05) is 40.8 Å². The summed E-state index contributed by atoms with van der Waals surface area (Å²) in [5, 5.41) is 11.5. The number of esters is 1. The maximum absolute atomic E-state index is 10.7. The molecule has 0 heterocycles. The monoisotopic (exact) mass is 287 g/mol. The number of hydrogen-bond donors (Lipinski definition) is 2. The van der Waals surface area contributed by atoms with Crippen LogP contribution in [0.15, 0.2) is 30.3 Å². The Hall–Kier alpha value is -1.12. The summed E-state index contributed by atoms with van der Waals surface area (Å²) in [5.74, 6) is 0.145. The standard InChI is InChI=1S/C6H14NO2P.C6H6O.C2H6/c1-5(2)9-6(8)4-7-10-3;7-6-4-2-1-3-5-6;1-2/h5,7,10H,4H2,1-3H3;1-5,7H;1-2H3. The lowest BCUT2D eigenvalue weighted by Gasteiger charge is -2.06. The first-order valence-corrected chi connectivity index (χ1v) is 7.89. The van der Waals surface area contributed by atoms with E-state index in [1.807, 2.05) is 40.4 Å². The maximum atomic E-state index is 10.7. The van der Waals surface area contributed by atoms with Crippen molar-refractivity contribution in [2.24, 2.45) is 0 Å². The van der Waals surface area contributed by atoms with E-state index in [1.165, 1.54) is 0 Å². The topological polar surface area (TPSA) is 58.6 Å². The summed E-state index contributed by atoms with van der Waals surface area (Å²) in [6.45, 7) is 9.98. The highest BCUT2D eigenvalue weighted by Gasteiger charge is 2.02. The number of hydrogen-bond acceptors (Lipinski definition) is 4. The summed E-state index contributed by atoms with van der Waals surface area (Å²) in [6, 6.07) is 8.71. The van der Waals surface area contributed by atoms with Crippen LogP contribution in [0, 0.1) is 0 Å². The van der Waals surface area contributed by atoms with Gasteiger partial charge in [-0.15, -0.1) is 0 Å². The SMILES string of the molecule is CC.CPNCC(=O)OC(C)C.Oc1ccccc1. The molecule has 0 fully saturated rings. The molecule has 19 heavy (non-hydrogen) atoms. The van der Waals surface area contributed by atoms with Gasteiger partial charge in [0.25, 0.3) is 0 Å². The third-order valence-corrected chi connectivity index (χ3v) is 2.06. The molecule has 0 saturated carbocycles. The predicted molar refractivity (Wildman–Crippen MR) is 82.9 cm³/mol. The van der Waals surface area contributed by atoms with Crippen molar-refractivity contribution >= 4 is 14.7 Å². The van der Waals surface area contributed by atoms with Gasteiger partial charge in [-0.2, -0.15) is 0 Å². The molecule has 0 radical (unpaired) electrons. The smallest absolute Gasteiger partial charge is 0.320 e. The maximum Gasteiger partial charge on any atom is 0.320 e. The Morgan fingerprint density at radius 1 is 1.32 bits per heavy atom. The minimum Gasteiger partial charge on any atom is -0.508 e. The van der Waals surface area contributed by atoms with Gasteiger partial charge in [0.15, 0.2) is 0 Å². The van der Waals surface area contributed by atoms with E-state index in [-0.39, 0.29) is 12.1 Å². The van der Waals surface area contributed by atoms with Gasteiger partial charge in [-0.3, -0.25) is 9.88 Å². The normalized spacial score (nSPS) is 9.37. The Bertz CT molecular complexity index is 305. The van der Waals surface area contributed by atoms with E-state index in [1.54, 1.807) is 24.3 Å². The van der Waals surface area contributed by atoms with Gasteiger partial charge in [0.1, 0.15) is 5.75 Å². The summed E-state index contributed by atoms with van der Waals surface area (Å²) in [4.78, 5) is 10.7. The molecule has 4 nitrogen and oxygen atoms in total. The van der Waals surface area contributed by atoms with Crippen molar-refractivity contribution in [3.8, 4) is 5.75 Å². The Morgan fingerprint density at radius 2 is 1.84 bits per heavy atom. The summed E-state index contributed by atoms with van der Waals surface area (Å²) in [7, 11) is 0.596. The fourth-order valence-corrected chi connectivity index (χ4v) is 1.21. The van der Waals surface area contributed by atoms with Gasteiger partial charge in [-0.05, 0) is 32.6 Å². The fourth-order valence-electron chi connectivity index (χ4n) is 0.893. The molecule has 2 N–H and O–H groups in total. The zero-order chi connectivity index (χ0) is 15.1. The van der Waals surface area contributed by atoms with Crippen molar-refractivity contribution in [3.05, 3.63) is 30.3 Å². The van der Waals surface area contributed by atoms with Gasteiger partial charge in [0.05, 0.1) is 12.6 Å². The highest BCUT2D eigenvalue weighted by Crippen LogP contribution is 2.02. The van der Waals surface area contributed by atoms with E-state index in [2.05, 4.69) is 5.09 Å². The van der Waals surface area contributed by atoms with Crippen LogP contribution in [0.1, 0.15) is 27.7 Å². The average molecular weight is 287 g/mol. The Morgan fingerprint density at radius 3 is 2.16 bits per heavy atom. The van der Waals surface area contributed by atoms with E-state index in [0.29, 0.717) is 21.0 Å². The summed E-state index contributed by atoms with van der Waals surface area (Å²) < 4.78 is 4.86. The molecule has 5 heteroatoms. The van der Waals surface area contributed by atoms with Crippen LogP contribution in [-0.4, -0.2) is 30.4 Å². The van der Waals surface area contributed by atoms with E-state index in [4.69, 9.17) is 9.84 Å². The molecule has 0 saturated heterocycles. The Labute approximate surface area is 118 Å². The van der Waals surface area contributed by atoms with Crippen LogP contribution >= 0.6 is 8.73 Å². The lowest BCUT2D eigenvalue weighted by Crippen LogP contribution is -2.21. The number of carbonyl (C=O) groups is 1. The minimum atomic E-state index is -0.177. The van der Waals surface area contributed by atoms with Crippen LogP contribution in [0.5, 0.6) is 5.75 Å². The molecule has 0 bridgehead atoms. The predicted octanol–water partition coefficient (Wildman–Crippen LogP) is 3.17. The molecule has 0 aromatic heterocycles. The van der Waals surface area contributed by atoms with E-state index in [9.17, 15) is 4.79 Å². The minimum absolute atomic E-state index is 0.00510. The Balaban J connectivity index is 0. The van der Waals surface area contributed by atoms with Crippen molar-refractivity contribution in [2.75, 3.05) is 13.2 Å². The lowest BCUT2D eigenvalue weighted by atomic mass is 10.3. The van der Waals surface area contributed by atoms with Crippen LogP contribution < -0.4 is 5.09 Å².